The van der Waals surface area contributed by atoms with Gasteiger partial charge >= 0.3 is 6.09 Å². The van der Waals surface area contributed by atoms with Gasteiger partial charge in [0.2, 0.25) is 5.91 Å². The highest BCUT2D eigenvalue weighted by Crippen LogP contribution is 2.36. The first kappa shape index (κ1) is 29.9. The SMILES string of the molecule is CCCCOC(=O)N1CCN(C(=O)C(N)CCCO[Si](c2ccccc2)(c2ccccc2)C(C)(C)C)CC1. The number of hydrogen-bond acceptors (Lipinski definition) is 5. The third kappa shape index (κ3) is 7.24. The molecule has 0 spiro atoms. The molecule has 0 saturated carbocycles. The van der Waals surface area contributed by atoms with Gasteiger partial charge in [0.15, 0.2) is 0 Å². The highest BCUT2D eigenvalue weighted by Gasteiger charge is 2.50. The minimum Gasteiger partial charge on any atom is -0.449 e. The van der Waals surface area contributed by atoms with Crippen LogP contribution < -0.4 is 16.1 Å². The van der Waals surface area contributed by atoms with E-state index in [2.05, 4.69) is 76.2 Å². The van der Waals surface area contributed by atoms with Crippen LogP contribution in [0.5, 0.6) is 0 Å². The smallest absolute Gasteiger partial charge is 0.409 e. The fourth-order valence-corrected chi connectivity index (χ4v) is 9.76. The Hall–Kier alpha value is -2.68. The fourth-order valence-electron chi connectivity index (χ4n) is 5.15. The average Bonchev–Trinajstić information content (AvgIpc) is 2.93. The van der Waals surface area contributed by atoms with Crippen molar-refractivity contribution in [2.75, 3.05) is 39.4 Å². The van der Waals surface area contributed by atoms with Crippen LogP contribution in [0.3, 0.4) is 0 Å². The lowest BCUT2D eigenvalue weighted by Crippen LogP contribution is -2.66. The maximum Gasteiger partial charge on any atom is 0.409 e. The molecule has 0 aromatic heterocycles. The lowest BCUT2D eigenvalue weighted by Gasteiger charge is -2.43. The second-order valence-corrected chi connectivity index (χ2v) is 15.3. The number of rotatable bonds is 11. The van der Waals surface area contributed by atoms with E-state index in [-0.39, 0.29) is 17.0 Å². The Morgan fingerprint density at radius 1 is 0.868 bits per heavy atom. The number of hydrogen-bond donors (Lipinski definition) is 1. The van der Waals surface area contributed by atoms with Crippen LogP contribution in [0, 0.1) is 0 Å². The third-order valence-electron chi connectivity index (χ3n) is 7.29. The summed E-state index contributed by atoms with van der Waals surface area (Å²) in [5, 5.41) is 2.39. The topological polar surface area (TPSA) is 85.1 Å². The molecule has 38 heavy (non-hydrogen) atoms. The molecule has 2 aromatic carbocycles. The van der Waals surface area contributed by atoms with E-state index in [0.717, 1.165) is 12.8 Å². The number of carbonyl (C=O) groups excluding carboxylic acids is 2. The predicted molar refractivity (Wildman–Crippen MR) is 155 cm³/mol. The zero-order chi connectivity index (χ0) is 27.6. The number of nitrogens with two attached hydrogens (primary N) is 1. The van der Waals surface area contributed by atoms with Gasteiger partial charge in [-0.05, 0) is 34.7 Å². The van der Waals surface area contributed by atoms with Gasteiger partial charge in [-0.1, -0.05) is 94.8 Å². The van der Waals surface area contributed by atoms with Crippen LogP contribution in [-0.2, 0) is 14.0 Å². The Morgan fingerprint density at radius 3 is 1.89 bits per heavy atom. The monoisotopic (exact) mass is 539 g/mol. The Bertz CT molecular complexity index is 966. The van der Waals surface area contributed by atoms with Crippen molar-refractivity contribution in [1.29, 1.82) is 0 Å². The summed E-state index contributed by atoms with van der Waals surface area (Å²) < 4.78 is 12.2. The van der Waals surface area contributed by atoms with E-state index in [9.17, 15) is 9.59 Å². The molecule has 0 radical (unpaired) electrons. The van der Waals surface area contributed by atoms with Gasteiger partial charge in [0.1, 0.15) is 0 Å². The number of amides is 2. The maximum absolute atomic E-state index is 13.0. The van der Waals surface area contributed by atoms with Gasteiger partial charge in [-0.15, -0.1) is 0 Å². The van der Waals surface area contributed by atoms with Crippen molar-refractivity contribution in [1.82, 2.24) is 9.80 Å². The van der Waals surface area contributed by atoms with Crippen molar-refractivity contribution < 1.29 is 18.8 Å². The van der Waals surface area contributed by atoms with E-state index in [1.807, 2.05) is 12.1 Å². The van der Waals surface area contributed by atoms with Crippen molar-refractivity contribution in [3.8, 4) is 0 Å². The van der Waals surface area contributed by atoms with Crippen molar-refractivity contribution in [3.63, 3.8) is 0 Å². The lowest BCUT2D eigenvalue weighted by atomic mass is 10.1. The van der Waals surface area contributed by atoms with Crippen LogP contribution in [0.2, 0.25) is 5.04 Å². The molecule has 208 valence electrons. The number of unbranched alkanes of at least 4 members (excludes halogenated alkanes) is 1. The summed E-state index contributed by atoms with van der Waals surface area (Å²) in [5.41, 5.74) is 6.34. The van der Waals surface area contributed by atoms with Crippen LogP contribution in [0.1, 0.15) is 53.4 Å². The first-order valence-corrected chi connectivity index (χ1v) is 15.8. The predicted octanol–water partition coefficient (Wildman–Crippen LogP) is 3.75. The molecule has 1 aliphatic rings. The molecule has 1 saturated heterocycles. The van der Waals surface area contributed by atoms with Crippen LogP contribution in [0.4, 0.5) is 4.79 Å². The van der Waals surface area contributed by atoms with Crippen molar-refractivity contribution in [3.05, 3.63) is 60.7 Å². The molecule has 1 aliphatic heterocycles. The zero-order valence-electron chi connectivity index (χ0n) is 23.5. The zero-order valence-corrected chi connectivity index (χ0v) is 24.5. The summed E-state index contributed by atoms with van der Waals surface area (Å²) in [6, 6.07) is 20.5. The first-order chi connectivity index (χ1) is 18.2. The minimum atomic E-state index is -2.60. The van der Waals surface area contributed by atoms with Gasteiger partial charge in [0.05, 0.1) is 12.6 Å². The van der Waals surface area contributed by atoms with Crippen molar-refractivity contribution >= 4 is 30.7 Å². The highest BCUT2D eigenvalue weighted by atomic mass is 28.4. The van der Waals surface area contributed by atoms with E-state index in [0.29, 0.717) is 52.2 Å². The van der Waals surface area contributed by atoms with Gasteiger partial charge in [0, 0.05) is 32.8 Å². The Morgan fingerprint density at radius 2 is 1.39 bits per heavy atom. The molecule has 2 amide bonds. The van der Waals surface area contributed by atoms with Crippen molar-refractivity contribution in [2.24, 2.45) is 5.73 Å². The number of piperazine rings is 1. The summed E-state index contributed by atoms with van der Waals surface area (Å²) in [4.78, 5) is 28.6. The maximum atomic E-state index is 13.0. The molecular formula is C30H45N3O4Si. The van der Waals surface area contributed by atoms with Crippen LogP contribution >= 0.6 is 0 Å². The summed E-state index contributed by atoms with van der Waals surface area (Å²) in [5.74, 6) is -0.0607. The van der Waals surface area contributed by atoms with E-state index in [4.69, 9.17) is 14.9 Å². The molecule has 1 unspecified atom stereocenters. The summed E-state index contributed by atoms with van der Waals surface area (Å²) >= 11 is 0. The molecule has 0 aliphatic carbocycles. The molecule has 0 bridgehead atoms. The van der Waals surface area contributed by atoms with Gasteiger partial charge in [0.25, 0.3) is 8.32 Å². The normalized spacial score (nSPS) is 15.3. The summed E-state index contributed by atoms with van der Waals surface area (Å²) in [7, 11) is -2.60. The Labute approximate surface area is 229 Å². The third-order valence-corrected chi connectivity index (χ3v) is 12.3. The van der Waals surface area contributed by atoms with Crippen LogP contribution in [-0.4, -0.2) is 75.6 Å². The van der Waals surface area contributed by atoms with E-state index < -0.39 is 14.4 Å². The molecule has 1 atom stereocenters. The second-order valence-electron chi connectivity index (χ2n) is 11.0. The van der Waals surface area contributed by atoms with E-state index >= 15 is 0 Å². The highest BCUT2D eigenvalue weighted by molar-refractivity contribution is 6.99. The largest absolute Gasteiger partial charge is 0.449 e. The molecule has 8 heteroatoms. The van der Waals surface area contributed by atoms with Gasteiger partial charge in [-0.2, -0.15) is 0 Å². The number of benzene rings is 2. The molecule has 2 N–H and O–H groups in total. The molecule has 3 rings (SSSR count). The average molecular weight is 540 g/mol. The Kier molecular flexibility index (Phi) is 10.9. The van der Waals surface area contributed by atoms with Gasteiger partial charge < -0.3 is 24.7 Å². The number of carbonyl (C=O) groups is 2. The van der Waals surface area contributed by atoms with Gasteiger partial charge in [-0.3, -0.25) is 4.79 Å². The van der Waals surface area contributed by atoms with Gasteiger partial charge in [-0.25, -0.2) is 4.79 Å². The second kappa shape index (κ2) is 13.9. The number of ether oxygens (including phenoxy) is 1. The molecule has 7 nitrogen and oxygen atoms in total. The Balaban J connectivity index is 1.57. The summed E-state index contributed by atoms with van der Waals surface area (Å²) in [6.45, 7) is 11.7. The molecule has 2 aromatic rings. The lowest BCUT2D eigenvalue weighted by molar-refractivity contribution is -0.134. The van der Waals surface area contributed by atoms with E-state index in [1.165, 1.54) is 10.4 Å². The first-order valence-electron chi connectivity index (χ1n) is 13.9. The standard InChI is InChI=1S/C30H45N3O4Si/c1-5-6-23-36-29(35)33-21-19-32(20-22-33)28(34)27(31)18-13-24-37-38(30(2,3)4,25-14-9-7-10-15-25)26-16-11-8-12-17-26/h7-12,14-17,27H,5-6,13,18-24,31H2,1-4H3. The van der Waals surface area contributed by atoms with Crippen LogP contribution in [0.15, 0.2) is 60.7 Å². The quantitative estimate of drug-likeness (QED) is 0.347. The molecular weight excluding hydrogens is 494 g/mol. The summed E-state index contributed by atoms with van der Waals surface area (Å²) in [6.07, 6.45) is 2.79. The minimum absolute atomic E-state index is 0.0607. The molecule has 1 heterocycles. The van der Waals surface area contributed by atoms with E-state index in [1.54, 1.807) is 9.80 Å². The number of nitrogens with zero attached hydrogens (tertiary/aromatic N) is 2. The van der Waals surface area contributed by atoms with Crippen molar-refractivity contribution in [2.45, 2.75) is 64.5 Å². The molecule has 1 fully saturated rings. The fraction of sp³-hybridized carbons (Fsp3) is 0.533. The van der Waals surface area contributed by atoms with Crippen LogP contribution in [0.25, 0.3) is 0 Å².